The number of carbonyl (C=O) groups is 1. The number of aromatic nitrogens is 1. The highest BCUT2D eigenvalue weighted by molar-refractivity contribution is 6.02. The largest absolute Gasteiger partial charge is 0.483 e. The number of nitrogens with zero attached hydrogens (tertiary/aromatic N) is 3. The van der Waals surface area contributed by atoms with E-state index in [1.807, 2.05) is 18.2 Å². The van der Waals surface area contributed by atoms with E-state index in [0.717, 1.165) is 29.6 Å². The summed E-state index contributed by atoms with van der Waals surface area (Å²) in [5.41, 5.74) is 8.94. The Balaban J connectivity index is 1.37. The maximum atomic E-state index is 12.8. The lowest BCUT2D eigenvalue weighted by Gasteiger charge is -2.23. The molecular weight excluding hydrogens is 432 g/mol. The molecule has 1 aromatic heterocycles. The zero-order valence-corrected chi connectivity index (χ0v) is 19.2. The molecule has 1 saturated heterocycles. The molecule has 0 spiro atoms. The highest BCUT2D eigenvalue weighted by atomic mass is 16.5. The summed E-state index contributed by atoms with van der Waals surface area (Å²) in [5, 5.41) is 20.8. The van der Waals surface area contributed by atoms with Crippen molar-refractivity contribution in [3.8, 4) is 5.75 Å². The first kappa shape index (κ1) is 23.3. The van der Waals surface area contributed by atoms with E-state index in [4.69, 9.17) is 15.9 Å². The summed E-state index contributed by atoms with van der Waals surface area (Å²) in [4.78, 5) is 21.0. The number of rotatable bonds is 8. The summed E-state index contributed by atoms with van der Waals surface area (Å²) >= 11 is 0. The van der Waals surface area contributed by atoms with Crippen LogP contribution >= 0.6 is 0 Å². The standard InChI is InChI=1S/C25H30N6O3/c1-30(13-10-17-5-2-3-7-21(17)31-14-11-18(32)15-31)23(33)16-34-22-9-8-20(29-25(26)27)24-19(22)6-4-12-28-24/h2-9,12,18,32H,10-11,13-16H2,1H3,(H4,26,27,29)/t18-/m0/s1. The molecule has 0 aliphatic carbocycles. The van der Waals surface area contributed by atoms with E-state index in [1.54, 1.807) is 36.3 Å². The average Bonchev–Trinajstić information content (AvgIpc) is 3.27. The Labute approximate surface area is 198 Å². The average molecular weight is 463 g/mol. The minimum atomic E-state index is -0.284. The maximum absolute atomic E-state index is 12.8. The van der Waals surface area contributed by atoms with E-state index in [0.29, 0.717) is 36.5 Å². The Morgan fingerprint density at radius 3 is 2.88 bits per heavy atom. The molecule has 178 valence electrons. The van der Waals surface area contributed by atoms with Crippen LogP contribution in [0, 0.1) is 5.41 Å². The SMILES string of the molecule is CN(CCc1ccccc1N1CC[C@H](O)C1)C(=O)COc1ccc(NC(=N)N)c2ncccc12. The van der Waals surface area contributed by atoms with Gasteiger partial charge in [-0.05, 0) is 48.7 Å². The number of hydrogen-bond acceptors (Lipinski definition) is 6. The van der Waals surface area contributed by atoms with E-state index in [-0.39, 0.29) is 24.6 Å². The first-order valence-corrected chi connectivity index (χ1v) is 11.3. The van der Waals surface area contributed by atoms with Crippen molar-refractivity contribution >= 4 is 34.1 Å². The topological polar surface area (TPSA) is 128 Å². The number of pyridine rings is 1. The van der Waals surface area contributed by atoms with Crippen LogP contribution in [0.25, 0.3) is 10.9 Å². The van der Waals surface area contributed by atoms with Crippen LogP contribution < -0.4 is 20.7 Å². The lowest BCUT2D eigenvalue weighted by Crippen LogP contribution is -2.33. The molecule has 4 rings (SSSR count). The van der Waals surface area contributed by atoms with Gasteiger partial charge in [-0.15, -0.1) is 0 Å². The highest BCUT2D eigenvalue weighted by Crippen LogP contribution is 2.30. The molecule has 1 atom stereocenters. The monoisotopic (exact) mass is 462 g/mol. The van der Waals surface area contributed by atoms with Gasteiger partial charge in [-0.1, -0.05) is 18.2 Å². The molecule has 1 fully saturated rings. The van der Waals surface area contributed by atoms with Crippen molar-refractivity contribution in [2.75, 3.05) is 43.5 Å². The summed E-state index contributed by atoms with van der Waals surface area (Å²) < 4.78 is 5.85. The van der Waals surface area contributed by atoms with E-state index in [2.05, 4.69) is 27.3 Å². The zero-order valence-electron chi connectivity index (χ0n) is 19.2. The molecule has 2 aromatic carbocycles. The third-order valence-electron chi connectivity index (χ3n) is 5.99. The van der Waals surface area contributed by atoms with Crippen molar-refractivity contribution in [2.24, 2.45) is 5.73 Å². The summed E-state index contributed by atoms with van der Waals surface area (Å²) in [6.07, 6.45) is 2.86. The predicted octanol–water partition coefficient (Wildman–Crippen LogP) is 2.19. The number of nitrogens with one attached hydrogen (secondary N) is 2. The van der Waals surface area contributed by atoms with E-state index < -0.39 is 0 Å². The summed E-state index contributed by atoms with van der Waals surface area (Å²) in [5.74, 6) is 0.230. The van der Waals surface area contributed by atoms with Crippen molar-refractivity contribution in [2.45, 2.75) is 18.9 Å². The van der Waals surface area contributed by atoms with Crippen LogP contribution in [0.1, 0.15) is 12.0 Å². The molecule has 0 radical (unpaired) electrons. The number of aliphatic hydroxyl groups excluding tert-OH is 1. The molecule has 2 heterocycles. The number of hydrogen-bond donors (Lipinski definition) is 4. The Kier molecular flexibility index (Phi) is 7.12. The van der Waals surface area contributed by atoms with Gasteiger partial charge in [0, 0.05) is 44.0 Å². The van der Waals surface area contributed by atoms with Gasteiger partial charge in [-0.2, -0.15) is 0 Å². The number of fused-ring (bicyclic) bond motifs is 1. The second kappa shape index (κ2) is 10.4. The van der Waals surface area contributed by atoms with Crippen LogP contribution in [-0.2, 0) is 11.2 Å². The fourth-order valence-electron chi connectivity index (χ4n) is 4.17. The number of ether oxygens (including phenoxy) is 1. The van der Waals surface area contributed by atoms with Gasteiger partial charge in [-0.3, -0.25) is 15.2 Å². The molecule has 3 aromatic rings. The third-order valence-corrected chi connectivity index (χ3v) is 5.99. The second-order valence-corrected chi connectivity index (χ2v) is 8.42. The molecule has 0 saturated carbocycles. The molecule has 0 unspecified atom stereocenters. The smallest absolute Gasteiger partial charge is 0.260 e. The summed E-state index contributed by atoms with van der Waals surface area (Å²) in [6.45, 7) is 1.94. The summed E-state index contributed by atoms with van der Waals surface area (Å²) in [6, 6.07) is 15.3. The molecule has 5 N–H and O–H groups in total. The van der Waals surface area contributed by atoms with Crippen LogP contribution in [0.5, 0.6) is 5.75 Å². The van der Waals surface area contributed by atoms with Gasteiger partial charge < -0.3 is 30.7 Å². The Morgan fingerprint density at radius 1 is 1.29 bits per heavy atom. The predicted molar refractivity (Wildman–Crippen MR) is 133 cm³/mol. The molecule has 9 nitrogen and oxygen atoms in total. The molecular formula is C25H30N6O3. The lowest BCUT2D eigenvalue weighted by molar-refractivity contribution is -0.132. The van der Waals surface area contributed by atoms with Gasteiger partial charge in [0.15, 0.2) is 12.6 Å². The number of carbonyl (C=O) groups excluding carboxylic acids is 1. The van der Waals surface area contributed by atoms with Crippen molar-refractivity contribution < 1.29 is 14.6 Å². The normalized spacial score (nSPS) is 15.4. The molecule has 1 amide bonds. The Morgan fingerprint density at radius 2 is 2.12 bits per heavy atom. The number of para-hydroxylation sites is 1. The van der Waals surface area contributed by atoms with Gasteiger partial charge in [0.25, 0.3) is 5.91 Å². The first-order valence-electron chi connectivity index (χ1n) is 11.3. The minimum absolute atomic E-state index is 0.0973. The third kappa shape index (κ3) is 5.37. The first-order chi connectivity index (χ1) is 16.4. The maximum Gasteiger partial charge on any atom is 0.260 e. The van der Waals surface area contributed by atoms with Gasteiger partial charge in [0.05, 0.1) is 17.3 Å². The Bertz CT molecular complexity index is 1180. The molecule has 9 heteroatoms. The van der Waals surface area contributed by atoms with Gasteiger partial charge in [-0.25, -0.2) is 0 Å². The Hall–Kier alpha value is -3.85. The number of anilines is 2. The number of nitrogens with two attached hydrogens (primary N) is 1. The van der Waals surface area contributed by atoms with Gasteiger partial charge >= 0.3 is 0 Å². The van der Waals surface area contributed by atoms with Crippen molar-refractivity contribution in [1.82, 2.24) is 9.88 Å². The fourth-order valence-corrected chi connectivity index (χ4v) is 4.17. The quantitative estimate of drug-likeness (QED) is 0.298. The lowest BCUT2D eigenvalue weighted by atomic mass is 10.1. The number of likely N-dealkylation sites (N-methyl/N-ethyl adjacent to an activating group) is 1. The molecule has 1 aliphatic heterocycles. The van der Waals surface area contributed by atoms with E-state index in [1.165, 1.54) is 0 Å². The van der Waals surface area contributed by atoms with Crippen LogP contribution in [0.4, 0.5) is 11.4 Å². The zero-order chi connectivity index (χ0) is 24.1. The van der Waals surface area contributed by atoms with Crippen molar-refractivity contribution in [3.05, 3.63) is 60.3 Å². The highest BCUT2D eigenvalue weighted by Gasteiger charge is 2.22. The van der Waals surface area contributed by atoms with Gasteiger partial charge in [0.1, 0.15) is 5.75 Å². The van der Waals surface area contributed by atoms with Crippen LogP contribution in [0.15, 0.2) is 54.7 Å². The van der Waals surface area contributed by atoms with E-state index >= 15 is 0 Å². The van der Waals surface area contributed by atoms with Gasteiger partial charge in [0.2, 0.25) is 0 Å². The number of amides is 1. The van der Waals surface area contributed by atoms with Crippen molar-refractivity contribution in [3.63, 3.8) is 0 Å². The molecule has 34 heavy (non-hydrogen) atoms. The summed E-state index contributed by atoms with van der Waals surface area (Å²) in [7, 11) is 1.77. The number of benzene rings is 2. The number of guanidine groups is 1. The van der Waals surface area contributed by atoms with Crippen LogP contribution in [0.2, 0.25) is 0 Å². The second-order valence-electron chi connectivity index (χ2n) is 8.42. The molecule has 1 aliphatic rings. The number of aliphatic hydroxyl groups is 1. The van der Waals surface area contributed by atoms with E-state index in [9.17, 15) is 9.90 Å². The number of β-amino-alcohol motifs (C(OH)–C–C–N with tert-alkyl or cyclic N) is 1. The van der Waals surface area contributed by atoms with Crippen molar-refractivity contribution in [1.29, 1.82) is 5.41 Å². The molecule has 0 bridgehead atoms. The van der Waals surface area contributed by atoms with Crippen LogP contribution in [0.3, 0.4) is 0 Å². The fraction of sp³-hybridized carbons (Fsp3) is 0.320. The minimum Gasteiger partial charge on any atom is -0.483 e. The van der Waals surface area contributed by atoms with Crippen LogP contribution in [-0.4, -0.2) is 66.2 Å².